The van der Waals surface area contributed by atoms with Crippen LogP contribution in [0.4, 0.5) is 17.1 Å². The average Bonchev–Trinajstić information content (AvgIpc) is 2.80. The van der Waals surface area contributed by atoms with E-state index < -0.39 is 10.0 Å². The Hall–Kier alpha value is -3.30. The van der Waals surface area contributed by atoms with Crippen molar-refractivity contribution in [2.24, 2.45) is 0 Å². The molecule has 0 aliphatic heterocycles. The van der Waals surface area contributed by atoms with E-state index in [4.69, 9.17) is 21.7 Å². The quantitative estimate of drug-likeness (QED) is 0.460. The van der Waals surface area contributed by atoms with Crippen LogP contribution in [-0.2, 0) is 10.0 Å². The van der Waals surface area contributed by atoms with Crippen LogP contribution in [0.2, 0.25) is 0 Å². The van der Waals surface area contributed by atoms with Gasteiger partial charge in [0.05, 0.1) is 30.5 Å². The first-order valence-corrected chi connectivity index (χ1v) is 11.7. The molecule has 3 aromatic carbocycles. The molecule has 2 N–H and O–H groups in total. The number of hydrogen-bond donors (Lipinski definition) is 2. The monoisotopic (exact) mass is 471 g/mol. The number of nitrogens with one attached hydrogen (secondary N) is 2. The molecule has 0 saturated heterocycles. The van der Waals surface area contributed by atoms with Gasteiger partial charge in [-0.2, -0.15) is 0 Å². The van der Waals surface area contributed by atoms with Crippen LogP contribution in [0.25, 0.3) is 0 Å². The number of ether oxygens (including phenoxy) is 2. The second kappa shape index (κ2) is 10.3. The van der Waals surface area contributed by atoms with Crippen molar-refractivity contribution in [1.29, 1.82) is 0 Å². The van der Waals surface area contributed by atoms with E-state index in [1.807, 2.05) is 24.3 Å². The van der Waals surface area contributed by atoms with Gasteiger partial charge in [0.1, 0.15) is 11.5 Å². The van der Waals surface area contributed by atoms with E-state index in [1.165, 1.54) is 23.5 Å². The number of para-hydroxylation sites is 1. The molecule has 32 heavy (non-hydrogen) atoms. The molecule has 0 aliphatic rings. The minimum absolute atomic E-state index is 0.121. The first-order chi connectivity index (χ1) is 15.4. The largest absolute Gasteiger partial charge is 0.497 e. The molecule has 0 heterocycles. The third kappa shape index (κ3) is 5.30. The lowest BCUT2D eigenvalue weighted by Gasteiger charge is -2.23. The van der Waals surface area contributed by atoms with Gasteiger partial charge in [0, 0.05) is 18.3 Å². The van der Waals surface area contributed by atoms with Crippen molar-refractivity contribution >= 4 is 44.4 Å². The Morgan fingerprint density at radius 3 is 2.34 bits per heavy atom. The van der Waals surface area contributed by atoms with Crippen molar-refractivity contribution in [3.05, 3.63) is 72.8 Å². The van der Waals surface area contributed by atoms with E-state index in [1.54, 1.807) is 50.4 Å². The van der Waals surface area contributed by atoms with Crippen molar-refractivity contribution in [2.75, 3.05) is 35.7 Å². The molecular weight excluding hydrogens is 446 g/mol. The van der Waals surface area contributed by atoms with Crippen molar-refractivity contribution in [1.82, 2.24) is 0 Å². The highest BCUT2D eigenvalue weighted by Gasteiger charge is 2.25. The fourth-order valence-corrected chi connectivity index (χ4v) is 4.87. The van der Waals surface area contributed by atoms with Crippen LogP contribution in [0, 0.1) is 0 Å². The molecule has 0 radical (unpaired) electrons. The van der Waals surface area contributed by atoms with E-state index >= 15 is 0 Å². The molecule has 0 bridgehead atoms. The predicted octanol–water partition coefficient (Wildman–Crippen LogP) is 4.73. The van der Waals surface area contributed by atoms with Crippen molar-refractivity contribution in [3.63, 3.8) is 0 Å². The Morgan fingerprint density at radius 1 is 0.938 bits per heavy atom. The first kappa shape index (κ1) is 23.4. The van der Waals surface area contributed by atoms with Gasteiger partial charge < -0.3 is 20.1 Å². The number of rotatable bonds is 8. The van der Waals surface area contributed by atoms with Crippen LogP contribution in [0.5, 0.6) is 11.5 Å². The highest BCUT2D eigenvalue weighted by atomic mass is 32.2. The van der Waals surface area contributed by atoms with Crippen LogP contribution < -0.4 is 24.4 Å². The molecule has 0 fully saturated rings. The first-order valence-electron chi connectivity index (χ1n) is 9.87. The summed E-state index contributed by atoms with van der Waals surface area (Å²) >= 11 is 5.41. The van der Waals surface area contributed by atoms with Crippen molar-refractivity contribution < 1.29 is 17.9 Å². The normalized spacial score (nSPS) is 10.8. The summed E-state index contributed by atoms with van der Waals surface area (Å²) in [5.41, 5.74) is 1.75. The summed E-state index contributed by atoms with van der Waals surface area (Å²) in [5, 5.41) is 6.37. The zero-order valence-corrected chi connectivity index (χ0v) is 19.7. The number of nitrogens with zero attached hydrogens (tertiary/aromatic N) is 1. The average molecular weight is 472 g/mol. The van der Waals surface area contributed by atoms with E-state index in [-0.39, 0.29) is 16.6 Å². The van der Waals surface area contributed by atoms with Gasteiger partial charge in [-0.3, -0.25) is 4.31 Å². The van der Waals surface area contributed by atoms with Crippen molar-refractivity contribution in [3.8, 4) is 11.5 Å². The van der Waals surface area contributed by atoms with Crippen LogP contribution in [0.15, 0.2) is 77.7 Å². The summed E-state index contributed by atoms with van der Waals surface area (Å²) in [7, 11) is -0.703. The summed E-state index contributed by atoms with van der Waals surface area (Å²) in [6.45, 7) is 2.08. The van der Waals surface area contributed by atoms with Crippen LogP contribution in [0.1, 0.15) is 6.92 Å². The molecule has 168 valence electrons. The Balaban J connectivity index is 1.88. The SMILES string of the molecule is CCN(c1ccccc1)S(=O)(=O)c1ccc(OC)c(NC(=S)Nc2cccc(OC)c2)c1. The van der Waals surface area contributed by atoms with Gasteiger partial charge in [-0.05, 0) is 61.6 Å². The third-order valence-electron chi connectivity index (χ3n) is 4.67. The summed E-state index contributed by atoms with van der Waals surface area (Å²) in [6, 6.07) is 20.9. The molecule has 0 atom stereocenters. The fraction of sp³-hybridized carbons (Fsp3) is 0.174. The standard InChI is InChI=1S/C23H25N3O4S2/c1-4-26(18-10-6-5-7-11-18)32(27,28)20-13-14-22(30-3)21(16-20)25-23(31)24-17-9-8-12-19(15-17)29-2/h5-16H,4H2,1-3H3,(H2,24,25,31). The zero-order valence-electron chi connectivity index (χ0n) is 18.0. The molecule has 0 spiro atoms. The smallest absolute Gasteiger partial charge is 0.264 e. The Kier molecular flexibility index (Phi) is 7.55. The molecule has 0 unspecified atom stereocenters. The topological polar surface area (TPSA) is 79.9 Å². The molecule has 7 nitrogen and oxygen atoms in total. The predicted molar refractivity (Wildman–Crippen MR) is 132 cm³/mol. The number of anilines is 3. The molecular formula is C23H25N3O4S2. The highest BCUT2D eigenvalue weighted by molar-refractivity contribution is 7.92. The van der Waals surface area contributed by atoms with Crippen LogP contribution in [0.3, 0.4) is 0 Å². The second-order valence-electron chi connectivity index (χ2n) is 6.68. The summed E-state index contributed by atoms with van der Waals surface area (Å²) < 4.78 is 38.7. The van der Waals surface area contributed by atoms with Gasteiger partial charge in [0.25, 0.3) is 10.0 Å². The molecule has 3 rings (SSSR count). The van der Waals surface area contributed by atoms with E-state index in [0.29, 0.717) is 22.9 Å². The van der Waals surface area contributed by atoms with Gasteiger partial charge in [-0.15, -0.1) is 0 Å². The fourth-order valence-electron chi connectivity index (χ4n) is 3.14. The number of sulfonamides is 1. The number of thiocarbonyl (C=S) groups is 1. The second-order valence-corrected chi connectivity index (χ2v) is 8.95. The molecule has 0 saturated carbocycles. The highest BCUT2D eigenvalue weighted by Crippen LogP contribution is 2.31. The van der Waals surface area contributed by atoms with Gasteiger partial charge in [0.15, 0.2) is 5.11 Å². The van der Waals surface area contributed by atoms with Gasteiger partial charge in [-0.25, -0.2) is 8.42 Å². The summed E-state index contributed by atoms with van der Waals surface area (Å²) in [4.78, 5) is 0.121. The lowest BCUT2D eigenvalue weighted by Crippen LogP contribution is -2.30. The number of methoxy groups -OCH3 is 2. The maximum atomic E-state index is 13.4. The molecule has 0 aromatic heterocycles. The zero-order chi connectivity index (χ0) is 23.1. The Bertz CT molecular complexity index is 1180. The molecule has 9 heteroatoms. The minimum atomic E-state index is -3.80. The maximum absolute atomic E-state index is 13.4. The number of benzene rings is 3. The summed E-state index contributed by atoms with van der Waals surface area (Å²) in [6.07, 6.45) is 0. The lowest BCUT2D eigenvalue weighted by molar-refractivity contribution is 0.415. The third-order valence-corrected chi connectivity index (χ3v) is 6.77. The Labute approximate surface area is 194 Å². The van der Waals surface area contributed by atoms with Gasteiger partial charge >= 0.3 is 0 Å². The maximum Gasteiger partial charge on any atom is 0.264 e. The van der Waals surface area contributed by atoms with Crippen molar-refractivity contribution in [2.45, 2.75) is 11.8 Å². The van der Waals surface area contributed by atoms with Gasteiger partial charge in [0.2, 0.25) is 0 Å². The van der Waals surface area contributed by atoms with E-state index in [9.17, 15) is 8.42 Å². The number of hydrogen-bond acceptors (Lipinski definition) is 5. The molecule has 3 aromatic rings. The molecule has 0 amide bonds. The molecule has 0 aliphatic carbocycles. The lowest BCUT2D eigenvalue weighted by atomic mass is 10.3. The Morgan fingerprint density at radius 2 is 1.69 bits per heavy atom. The van der Waals surface area contributed by atoms with E-state index in [0.717, 1.165) is 5.69 Å². The summed E-state index contributed by atoms with van der Waals surface area (Å²) in [5.74, 6) is 1.14. The minimum Gasteiger partial charge on any atom is -0.497 e. The van der Waals surface area contributed by atoms with Crippen LogP contribution >= 0.6 is 12.2 Å². The van der Waals surface area contributed by atoms with E-state index in [2.05, 4.69) is 10.6 Å². The van der Waals surface area contributed by atoms with Gasteiger partial charge in [-0.1, -0.05) is 24.3 Å². The van der Waals surface area contributed by atoms with Crippen LogP contribution in [-0.4, -0.2) is 34.3 Å².